The molecule has 1 heterocycles. The Bertz CT molecular complexity index is 937. The predicted molar refractivity (Wildman–Crippen MR) is 110 cm³/mol. The summed E-state index contributed by atoms with van der Waals surface area (Å²) in [4.78, 5) is 15.3. The lowest BCUT2D eigenvalue weighted by molar-refractivity contribution is 0.0678. The quantitative estimate of drug-likeness (QED) is 0.705. The Labute approximate surface area is 165 Å². The summed E-state index contributed by atoms with van der Waals surface area (Å²) in [6.45, 7) is 2.85. The van der Waals surface area contributed by atoms with E-state index in [2.05, 4.69) is 41.4 Å². The number of methoxy groups -OCH3 is 1. The second kappa shape index (κ2) is 7.89. The Hall–Kier alpha value is -3.08. The van der Waals surface area contributed by atoms with E-state index in [1.165, 1.54) is 11.1 Å². The van der Waals surface area contributed by atoms with E-state index in [9.17, 15) is 4.79 Å². The third-order valence-corrected chi connectivity index (χ3v) is 5.39. The van der Waals surface area contributed by atoms with Crippen LogP contribution < -0.4 is 4.74 Å². The van der Waals surface area contributed by atoms with Crippen molar-refractivity contribution in [1.82, 2.24) is 15.1 Å². The van der Waals surface area contributed by atoms with Crippen molar-refractivity contribution in [2.45, 2.75) is 32.2 Å². The molecule has 5 nitrogen and oxygen atoms in total. The number of hydrogen-bond donors (Lipinski definition) is 1. The molecule has 5 heteroatoms. The average Bonchev–Trinajstić information content (AvgIpc) is 3.39. The van der Waals surface area contributed by atoms with Crippen molar-refractivity contribution in [2.24, 2.45) is 0 Å². The van der Waals surface area contributed by atoms with Gasteiger partial charge in [0.05, 0.1) is 12.8 Å². The lowest BCUT2D eigenvalue weighted by atomic mass is 10.1. The summed E-state index contributed by atoms with van der Waals surface area (Å²) in [6, 6.07) is 18.2. The maximum absolute atomic E-state index is 13.3. The number of hydrogen-bond acceptors (Lipinski definition) is 3. The smallest absolute Gasteiger partial charge is 0.272 e. The third kappa shape index (κ3) is 3.52. The van der Waals surface area contributed by atoms with E-state index in [0.717, 1.165) is 42.8 Å². The number of aromatic nitrogens is 2. The van der Waals surface area contributed by atoms with E-state index in [1.54, 1.807) is 7.11 Å². The van der Waals surface area contributed by atoms with Crippen LogP contribution in [0.15, 0.2) is 54.6 Å². The summed E-state index contributed by atoms with van der Waals surface area (Å²) >= 11 is 0. The molecule has 0 atom stereocenters. The van der Waals surface area contributed by atoms with Crippen LogP contribution in [0.1, 0.15) is 35.0 Å². The van der Waals surface area contributed by atoms with Gasteiger partial charge in [-0.25, -0.2) is 0 Å². The molecule has 4 rings (SSSR count). The minimum absolute atomic E-state index is 0.0203. The van der Waals surface area contributed by atoms with Gasteiger partial charge >= 0.3 is 0 Å². The summed E-state index contributed by atoms with van der Waals surface area (Å²) in [6.07, 6.45) is 2.76. The molecule has 1 N–H and O–H groups in total. The number of carbonyl (C=O) groups is 1. The number of rotatable bonds is 6. The number of aromatic amines is 1. The van der Waals surface area contributed by atoms with Crippen LogP contribution >= 0.6 is 0 Å². The SMILES string of the molecule is CCCN(C(=O)c1cc(-c2ccc(OC)cc2)n[nH]1)C1Cc2ccccc2C1. The molecule has 0 fully saturated rings. The minimum Gasteiger partial charge on any atom is -0.497 e. The largest absolute Gasteiger partial charge is 0.497 e. The molecule has 0 spiro atoms. The first-order valence-corrected chi connectivity index (χ1v) is 9.77. The van der Waals surface area contributed by atoms with Crippen molar-refractivity contribution in [3.05, 3.63) is 71.4 Å². The van der Waals surface area contributed by atoms with E-state index < -0.39 is 0 Å². The number of ether oxygens (including phenoxy) is 1. The van der Waals surface area contributed by atoms with Gasteiger partial charge in [0.15, 0.2) is 0 Å². The lowest BCUT2D eigenvalue weighted by Crippen LogP contribution is -2.41. The highest BCUT2D eigenvalue weighted by atomic mass is 16.5. The standard InChI is InChI=1S/C23H25N3O2/c1-3-12-26(19-13-17-6-4-5-7-18(17)14-19)23(27)22-15-21(24-25-22)16-8-10-20(28-2)11-9-16/h4-11,15,19H,3,12-14H2,1-2H3,(H,24,25). The van der Waals surface area contributed by atoms with Crippen LogP contribution in [0.2, 0.25) is 0 Å². The van der Waals surface area contributed by atoms with Crippen molar-refractivity contribution in [1.29, 1.82) is 0 Å². The molecule has 28 heavy (non-hydrogen) atoms. The van der Waals surface area contributed by atoms with Crippen LogP contribution in [-0.2, 0) is 12.8 Å². The van der Waals surface area contributed by atoms with Crippen molar-refractivity contribution < 1.29 is 9.53 Å². The molecule has 3 aromatic rings. The highest BCUT2D eigenvalue weighted by Crippen LogP contribution is 2.27. The molecular weight excluding hydrogens is 350 g/mol. The maximum atomic E-state index is 13.3. The molecule has 0 aliphatic heterocycles. The first-order valence-electron chi connectivity index (χ1n) is 9.77. The van der Waals surface area contributed by atoms with Gasteiger partial charge in [0.2, 0.25) is 0 Å². The fourth-order valence-electron chi connectivity index (χ4n) is 3.94. The van der Waals surface area contributed by atoms with E-state index in [-0.39, 0.29) is 11.9 Å². The zero-order valence-electron chi connectivity index (χ0n) is 16.3. The summed E-state index contributed by atoms with van der Waals surface area (Å²) in [7, 11) is 1.64. The Morgan fingerprint density at radius 1 is 1.14 bits per heavy atom. The molecule has 2 aromatic carbocycles. The Kier molecular flexibility index (Phi) is 5.15. The molecule has 1 aliphatic carbocycles. The Morgan fingerprint density at radius 3 is 2.43 bits per heavy atom. The Balaban J connectivity index is 1.54. The van der Waals surface area contributed by atoms with Crippen molar-refractivity contribution in [2.75, 3.05) is 13.7 Å². The minimum atomic E-state index is 0.0203. The predicted octanol–water partition coefficient (Wildman–Crippen LogP) is 4.10. The molecular formula is C23H25N3O2. The van der Waals surface area contributed by atoms with Crippen LogP contribution in [0.4, 0.5) is 0 Å². The van der Waals surface area contributed by atoms with Crippen molar-refractivity contribution in [3.8, 4) is 17.0 Å². The van der Waals surface area contributed by atoms with Gasteiger partial charge in [-0.1, -0.05) is 31.2 Å². The number of nitrogens with one attached hydrogen (secondary N) is 1. The lowest BCUT2D eigenvalue weighted by Gasteiger charge is -2.28. The molecule has 0 saturated carbocycles. The van der Waals surface area contributed by atoms with Crippen molar-refractivity contribution in [3.63, 3.8) is 0 Å². The van der Waals surface area contributed by atoms with Crippen LogP contribution in [0.25, 0.3) is 11.3 Å². The zero-order chi connectivity index (χ0) is 19.5. The second-order valence-corrected chi connectivity index (χ2v) is 7.22. The third-order valence-electron chi connectivity index (χ3n) is 5.39. The summed E-state index contributed by atoms with van der Waals surface area (Å²) in [5.74, 6) is 0.817. The van der Waals surface area contributed by atoms with Gasteiger partial charge in [0, 0.05) is 18.2 Å². The van der Waals surface area contributed by atoms with Gasteiger partial charge < -0.3 is 9.64 Å². The number of nitrogens with zero attached hydrogens (tertiary/aromatic N) is 2. The topological polar surface area (TPSA) is 58.2 Å². The van der Waals surface area contributed by atoms with Gasteiger partial charge in [0.25, 0.3) is 5.91 Å². The zero-order valence-corrected chi connectivity index (χ0v) is 16.3. The highest BCUT2D eigenvalue weighted by Gasteiger charge is 2.30. The van der Waals surface area contributed by atoms with E-state index in [1.807, 2.05) is 35.2 Å². The van der Waals surface area contributed by atoms with Gasteiger partial charge in [-0.05, 0) is 60.7 Å². The fraction of sp³-hybridized carbons (Fsp3) is 0.304. The fourth-order valence-corrected chi connectivity index (χ4v) is 3.94. The summed E-state index contributed by atoms with van der Waals surface area (Å²) in [5.41, 5.74) is 4.95. The van der Waals surface area contributed by atoms with Gasteiger partial charge in [-0.2, -0.15) is 5.10 Å². The number of benzene rings is 2. The average molecular weight is 375 g/mol. The molecule has 1 amide bonds. The molecule has 0 unspecified atom stereocenters. The molecule has 0 bridgehead atoms. The van der Waals surface area contributed by atoms with Gasteiger partial charge in [-0.15, -0.1) is 0 Å². The van der Waals surface area contributed by atoms with Crippen LogP contribution in [0.3, 0.4) is 0 Å². The number of H-pyrrole nitrogens is 1. The summed E-state index contributed by atoms with van der Waals surface area (Å²) < 4.78 is 5.20. The molecule has 1 aliphatic rings. The summed E-state index contributed by atoms with van der Waals surface area (Å²) in [5, 5.41) is 7.30. The van der Waals surface area contributed by atoms with E-state index in [0.29, 0.717) is 5.69 Å². The molecule has 144 valence electrons. The Morgan fingerprint density at radius 2 is 1.82 bits per heavy atom. The van der Waals surface area contributed by atoms with Gasteiger partial charge in [0.1, 0.15) is 11.4 Å². The maximum Gasteiger partial charge on any atom is 0.272 e. The van der Waals surface area contributed by atoms with Crippen LogP contribution in [-0.4, -0.2) is 40.7 Å². The monoisotopic (exact) mass is 375 g/mol. The molecule has 1 aromatic heterocycles. The van der Waals surface area contributed by atoms with Gasteiger partial charge in [-0.3, -0.25) is 9.89 Å². The normalized spacial score (nSPS) is 13.4. The number of carbonyl (C=O) groups excluding carboxylic acids is 1. The first kappa shape index (κ1) is 18.3. The van der Waals surface area contributed by atoms with E-state index in [4.69, 9.17) is 4.74 Å². The van der Waals surface area contributed by atoms with Crippen LogP contribution in [0, 0.1) is 0 Å². The van der Waals surface area contributed by atoms with E-state index >= 15 is 0 Å². The molecule has 0 saturated heterocycles. The molecule has 0 radical (unpaired) electrons. The van der Waals surface area contributed by atoms with Crippen LogP contribution in [0.5, 0.6) is 5.75 Å². The number of fused-ring (bicyclic) bond motifs is 1. The first-order chi connectivity index (χ1) is 13.7. The second-order valence-electron chi connectivity index (χ2n) is 7.22. The highest BCUT2D eigenvalue weighted by molar-refractivity contribution is 5.93. The van der Waals surface area contributed by atoms with Crippen molar-refractivity contribution >= 4 is 5.91 Å². The number of amides is 1.